The summed E-state index contributed by atoms with van der Waals surface area (Å²) in [6.07, 6.45) is 0.663. The number of nitrogens with one attached hydrogen (secondary N) is 1. The Kier molecular flexibility index (Phi) is 4.55. The molecule has 1 unspecified atom stereocenters. The van der Waals surface area contributed by atoms with Crippen LogP contribution in [0.25, 0.3) is 10.9 Å². The molecule has 2 N–H and O–H groups in total. The predicted octanol–water partition coefficient (Wildman–Crippen LogP) is 3.50. The van der Waals surface area contributed by atoms with E-state index in [4.69, 9.17) is 5.11 Å². The minimum Gasteiger partial charge on any atom is -0.396 e. The van der Waals surface area contributed by atoms with Crippen molar-refractivity contribution in [2.75, 3.05) is 11.9 Å². The number of rotatable bonds is 5. The number of pyridine rings is 1. The average Bonchev–Trinajstić information content (AvgIpc) is 2.38. The third kappa shape index (κ3) is 3.25. The van der Waals surface area contributed by atoms with Crippen LogP contribution in [0.2, 0.25) is 0 Å². The van der Waals surface area contributed by atoms with Gasteiger partial charge >= 0.3 is 0 Å². The summed E-state index contributed by atoms with van der Waals surface area (Å²) in [5.74, 6) is 0.105. The number of halogens is 1. The lowest BCUT2D eigenvalue weighted by atomic mass is 10.0. The molecule has 0 fully saturated rings. The molecule has 4 heteroatoms. The Labute approximate surface area is 118 Å². The van der Waals surface area contributed by atoms with Crippen molar-refractivity contribution in [3.05, 3.63) is 35.8 Å². The first-order chi connectivity index (χ1) is 9.51. The number of aromatic nitrogens is 1. The standard InChI is InChI=1S/C16H21FN2O/c1-10(2)14(6-7-20)19-16-8-11(3)18-15-5-4-12(17)9-13(15)16/h4-5,8-10,14,20H,6-7H2,1-3H3,(H,18,19). The Morgan fingerprint density at radius 3 is 2.70 bits per heavy atom. The molecule has 108 valence electrons. The van der Waals surface area contributed by atoms with Gasteiger partial charge in [0.2, 0.25) is 0 Å². The third-order valence-electron chi connectivity index (χ3n) is 3.48. The van der Waals surface area contributed by atoms with Gasteiger partial charge in [-0.1, -0.05) is 13.8 Å². The molecule has 0 radical (unpaired) electrons. The van der Waals surface area contributed by atoms with Gasteiger partial charge in [-0.3, -0.25) is 4.98 Å². The molecule has 20 heavy (non-hydrogen) atoms. The smallest absolute Gasteiger partial charge is 0.124 e. The summed E-state index contributed by atoms with van der Waals surface area (Å²) < 4.78 is 13.5. The van der Waals surface area contributed by atoms with Gasteiger partial charge in [-0.05, 0) is 43.5 Å². The number of hydrogen-bond donors (Lipinski definition) is 2. The number of fused-ring (bicyclic) bond motifs is 1. The number of hydrogen-bond acceptors (Lipinski definition) is 3. The fourth-order valence-corrected chi connectivity index (χ4v) is 2.36. The van der Waals surface area contributed by atoms with E-state index in [1.54, 1.807) is 6.07 Å². The summed E-state index contributed by atoms with van der Waals surface area (Å²) in [5, 5.41) is 13.4. The van der Waals surface area contributed by atoms with Crippen LogP contribution in [0, 0.1) is 18.7 Å². The van der Waals surface area contributed by atoms with Gasteiger partial charge in [0.05, 0.1) is 5.52 Å². The van der Waals surface area contributed by atoms with Gasteiger partial charge in [-0.15, -0.1) is 0 Å². The Balaban J connectivity index is 2.44. The number of nitrogens with zero attached hydrogens (tertiary/aromatic N) is 1. The topological polar surface area (TPSA) is 45.1 Å². The van der Waals surface area contributed by atoms with Crippen LogP contribution in [0.1, 0.15) is 26.0 Å². The summed E-state index contributed by atoms with van der Waals surface area (Å²) in [4.78, 5) is 4.42. The third-order valence-corrected chi connectivity index (χ3v) is 3.48. The summed E-state index contributed by atoms with van der Waals surface area (Å²) in [6.45, 7) is 6.25. The fraction of sp³-hybridized carbons (Fsp3) is 0.438. The molecule has 0 bridgehead atoms. The summed E-state index contributed by atoms with van der Waals surface area (Å²) >= 11 is 0. The minimum atomic E-state index is -0.269. The number of aliphatic hydroxyl groups excluding tert-OH is 1. The van der Waals surface area contributed by atoms with Crippen LogP contribution in [-0.2, 0) is 0 Å². The largest absolute Gasteiger partial charge is 0.396 e. The second-order valence-electron chi connectivity index (χ2n) is 5.48. The molecule has 0 saturated carbocycles. The molecule has 1 aromatic carbocycles. The van der Waals surface area contributed by atoms with Crippen molar-refractivity contribution in [1.29, 1.82) is 0 Å². The highest BCUT2D eigenvalue weighted by Crippen LogP contribution is 2.26. The zero-order valence-electron chi connectivity index (χ0n) is 12.2. The van der Waals surface area contributed by atoms with E-state index in [1.807, 2.05) is 13.0 Å². The normalized spacial score (nSPS) is 12.9. The van der Waals surface area contributed by atoms with Crippen LogP contribution in [0.15, 0.2) is 24.3 Å². The van der Waals surface area contributed by atoms with E-state index in [1.165, 1.54) is 12.1 Å². The summed E-state index contributed by atoms with van der Waals surface area (Å²) in [6, 6.07) is 6.69. The lowest BCUT2D eigenvalue weighted by molar-refractivity contribution is 0.267. The van der Waals surface area contributed by atoms with Gasteiger partial charge < -0.3 is 10.4 Å². The van der Waals surface area contributed by atoms with Crippen molar-refractivity contribution in [2.45, 2.75) is 33.2 Å². The Morgan fingerprint density at radius 2 is 2.05 bits per heavy atom. The van der Waals surface area contributed by atoms with Crippen molar-refractivity contribution in [3.63, 3.8) is 0 Å². The first-order valence-electron chi connectivity index (χ1n) is 6.95. The van der Waals surface area contributed by atoms with Gasteiger partial charge in [-0.25, -0.2) is 4.39 Å². The first-order valence-corrected chi connectivity index (χ1v) is 6.95. The van der Waals surface area contributed by atoms with Crippen molar-refractivity contribution in [2.24, 2.45) is 5.92 Å². The van der Waals surface area contributed by atoms with Crippen molar-refractivity contribution in [1.82, 2.24) is 4.98 Å². The maximum Gasteiger partial charge on any atom is 0.124 e. The highest BCUT2D eigenvalue weighted by atomic mass is 19.1. The highest BCUT2D eigenvalue weighted by Gasteiger charge is 2.14. The number of anilines is 1. The van der Waals surface area contributed by atoms with E-state index in [0.717, 1.165) is 22.3 Å². The lowest BCUT2D eigenvalue weighted by Crippen LogP contribution is -2.27. The molecular weight excluding hydrogens is 255 g/mol. The van der Waals surface area contributed by atoms with E-state index in [0.29, 0.717) is 12.3 Å². The van der Waals surface area contributed by atoms with E-state index in [9.17, 15) is 4.39 Å². The lowest BCUT2D eigenvalue weighted by Gasteiger charge is -2.24. The molecule has 3 nitrogen and oxygen atoms in total. The molecule has 1 heterocycles. The summed E-state index contributed by atoms with van der Waals surface area (Å²) in [5.41, 5.74) is 2.54. The van der Waals surface area contributed by atoms with Gasteiger partial charge in [0.15, 0.2) is 0 Å². The molecule has 2 aromatic rings. The van der Waals surface area contributed by atoms with Crippen LogP contribution in [0.3, 0.4) is 0 Å². The first kappa shape index (κ1) is 14.7. The Bertz CT molecular complexity index is 598. The minimum absolute atomic E-state index is 0.131. The van der Waals surface area contributed by atoms with Gasteiger partial charge in [0, 0.05) is 29.4 Å². The second-order valence-corrected chi connectivity index (χ2v) is 5.48. The summed E-state index contributed by atoms with van der Waals surface area (Å²) in [7, 11) is 0. The predicted molar refractivity (Wildman–Crippen MR) is 80.4 cm³/mol. The van der Waals surface area contributed by atoms with Crippen LogP contribution in [0.4, 0.5) is 10.1 Å². The molecule has 2 rings (SSSR count). The average molecular weight is 276 g/mol. The number of benzene rings is 1. The van der Waals surface area contributed by atoms with Crippen LogP contribution in [0.5, 0.6) is 0 Å². The molecule has 1 aromatic heterocycles. The van der Waals surface area contributed by atoms with Crippen LogP contribution >= 0.6 is 0 Å². The molecular formula is C16H21FN2O. The van der Waals surface area contributed by atoms with Crippen LogP contribution in [-0.4, -0.2) is 22.7 Å². The number of aryl methyl sites for hydroxylation is 1. The monoisotopic (exact) mass is 276 g/mol. The zero-order valence-corrected chi connectivity index (χ0v) is 12.2. The van der Waals surface area contributed by atoms with Crippen molar-refractivity contribution >= 4 is 16.6 Å². The zero-order chi connectivity index (χ0) is 14.7. The van der Waals surface area contributed by atoms with Gasteiger partial charge in [-0.2, -0.15) is 0 Å². The van der Waals surface area contributed by atoms with E-state index in [2.05, 4.69) is 24.1 Å². The molecule has 1 atom stereocenters. The molecule has 0 amide bonds. The Morgan fingerprint density at radius 1 is 1.30 bits per heavy atom. The quantitative estimate of drug-likeness (QED) is 0.878. The molecule has 0 saturated heterocycles. The molecule has 0 spiro atoms. The van der Waals surface area contributed by atoms with E-state index in [-0.39, 0.29) is 18.5 Å². The molecule has 0 aliphatic carbocycles. The highest BCUT2D eigenvalue weighted by molar-refractivity contribution is 5.91. The van der Waals surface area contributed by atoms with E-state index < -0.39 is 0 Å². The second kappa shape index (κ2) is 6.18. The van der Waals surface area contributed by atoms with Crippen molar-refractivity contribution < 1.29 is 9.50 Å². The fourth-order valence-electron chi connectivity index (χ4n) is 2.36. The van der Waals surface area contributed by atoms with Gasteiger partial charge in [0.25, 0.3) is 0 Å². The van der Waals surface area contributed by atoms with E-state index >= 15 is 0 Å². The Hall–Kier alpha value is -1.68. The maximum absolute atomic E-state index is 13.5. The molecule has 0 aliphatic rings. The molecule has 0 aliphatic heterocycles. The number of aliphatic hydroxyl groups is 1. The maximum atomic E-state index is 13.5. The SMILES string of the molecule is Cc1cc(NC(CCO)C(C)C)c2cc(F)ccc2n1. The van der Waals surface area contributed by atoms with Gasteiger partial charge in [0.1, 0.15) is 5.82 Å². The van der Waals surface area contributed by atoms with Crippen LogP contribution < -0.4 is 5.32 Å². The van der Waals surface area contributed by atoms with Crippen molar-refractivity contribution in [3.8, 4) is 0 Å².